The first-order valence-electron chi connectivity index (χ1n) is 9.24. The largest absolute Gasteiger partial charge is 0.369 e. The maximum absolute atomic E-state index is 14.4. The lowest BCUT2D eigenvalue weighted by molar-refractivity contribution is -0.118. The molecule has 2 aromatic rings. The van der Waals surface area contributed by atoms with Crippen LogP contribution in [0.2, 0.25) is 0 Å². The number of nitrogens with one attached hydrogen (secondary N) is 1. The van der Waals surface area contributed by atoms with Crippen molar-refractivity contribution in [3.05, 3.63) is 46.5 Å². The molecule has 1 aromatic carbocycles. The van der Waals surface area contributed by atoms with E-state index in [0.717, 1.165) is 42.9 Å². The van der Waals surface area contributed by atoms with Crippen LogP contribution < -0.4 is 10.3 Å². The van der Waals surface area contributed by atoms with Crippen molar-refractivity contribution < 1.29 is 9.18 Å². The van der Waals surface area contributed by atoms with Crippen LogP contribution in [0.5, 0.6) is 0 Å². The number of aryl methyl sites for hydroxylation is 3. The fraction of sp³-hybridized carbons (Fsp3) is 0.400. The molecule has 1 amide bonds. The predicted octanol–water partition coefficient (Wildman–Crippen LogP) is 3.38. The highest BCUT2D eigenvalue weighted by Gasteiger charge is 2.17. The fourth-order valence-electron chi connectivity index (χ4n) is 3.12. The summed E-state index contributed by atoms with van der Waals surface area (Å²) in [5.74, 6) is -0.375. The van der Waals surface area contributed by atoms with Crippen LogP contribution >= 0.6 is 11.8 Å². The minimum absolute atomic E-state index is 0.154. The number of nitrogens with zero attached hydrogens (tertiary/aromatic N) is 4. The number of hydrazone groups is 1. The smallest absolute Gasteiger partial charge is 0.250 e. The SMILES string of the molecule is Cc1cc(C)nc(SCC(=O)NN=Cc2cc(F)c(N3CCCC3)cc2C)n1. The first kappa shape index (κ1) is 20.3. The molecule has 0 atom stereocenters. The van der Waals surface area contributed by atoms with Gasteiger partial charge in [-0.1, -0.05) is 11.8 Å². The molecule has 1 fully saturated rings. The molecule has 148 valence electrons. The summed E-state index contributed by atoms with van der Waals surface area (Å²) in [5, 5.41) is 4.52. The molecule has 0 bridgehead atoms. The molecule has 1 saturated heterocycles. The van der Waals surface area contributed by atoms with E-state index < -0.39 is 0 Å². The first-order valence-corrected chi connectivity index (χ1v) is 10.2. The molecule has 1 aromatic heterocycles. The van der Waals surface area contributed by atoms with Gasteiger partial charge in [-0.3, -0.25) is 4.79 Å². The van der Waals surface area contributed by atoms with Gasteiger partial charge in [0.15, 0.2) is 5.16 Å². The maximum Gasteiger partial charge on any atom is 0.250 e. The molecule has 8 heteroatoms. The summed E-state index contributed by atoms with van der Waals surface area (Å²) in [6.07, 6.45) is 3.67. The number of rotatable bonds is 6. The number of aromatic nitrogens is 2. The fourth-order valence-corrected chi connectivity index (χ4v) is 3.86. The number of benzene rings is 1. The van der Waals surface area contributed by atoms with Gasteiger partial charge in [-0.25, -0.2) is 19.8 Å². The van der Waals surface area contributed by atoms with Crippen LogP contribution in [0.3, 0.4) is 0 Å². The summed E-state index contributed by atoms with van der Waals surface area (Å²) >= 11 is 1.25. The van der Waals surface area contributed by atoms with Crippen molar-refractivity contribution in [2.75, 3.05) is 23.7 Å². The first-order chi connectivity index (χ1) is 13.4. The quantitative estimate of drug-likeness (QED) is 0.348. The van der Waals surface area contributed by atoms with Gasteiger partial charge in [0, 0.05) is 30.0 Å². The summed E-state index contributed by atoms with van der Waals surface area (Å²) < 4.78 is 14.4. The lowest BCUT2D eigenvalue weighted by Crippen LogP contribution is -2.20. The topological polar surface area (TPSA) is 70.5 Å². The van der Waals surface area contributed by atoms with Gasteiger partial charge < -0.3 is 4.90 Å². The van der Waals surface area contributed by atoms with E-state index in [1.807, 2.05) is 32.9 Å². The van der Waals surface area contributed by atoms with Crippen molar-refractivity contribution >= 4 is 29.6 Å². The third-order valence-corrected chi connectivity index (χ3v) is 5.32. The van der Waals surface area contributed by atoms with Gasteiger partial charge in [-0.2, -0.15) is 5.10 Å². The number of hydrogen-bond donors (Lipinski definition) is 1. The van der Waals surface area contributed by atoms with Gasteiger partial charge in [-0.15, -0.1) is 0 Å². The van der Waals surface area contributed by atoms with Crippen LogP contribution in [0, 0.1) is 26.6 Å². The van der Waals surface area contributed by atoms with E-state index >= 15 is 0 Å². The van der Waals surface area contributed by atoms with E-state index in [0.29, 0.717) is 16.4 Å². The second-order valence-corrected chi connectivity index (χ2v) is 7.81. The Kier molecular flexibility index (Phi) is 6.61. The Balaban J connectivity index is 1.56. The van der Waals surface area contributed by atoms with E-state index in [-0.39, 0.29) is 17.5 Å². The van der Waals surface area contributed by atoms with E-state index in [9.17, 15) is 9.18 Å². The Labute approximate surface area is 168 Å². The standard InChI is InChI=1S/C20H24FN5OS/c1-13-8-18(26-6-4-5-7-26)17(21)10-16(13)11-22-25-19(27)12-28-20-23-14(2)9-15(3)24-20/h8-11H,4-7,12H2,1-3H3,(H,25,27). The summed E-state index contributed by atoms with van der Waals surface area (Å²) in [4.78, 5) is 22.6. The zero-order valence-electron chi connectivity index (χ0n) is 16.3. The molecule has 28 heavy (non-hydrogen) atoms. The maximum atomic E-state index is 14.4. The third kappa shape index (κ3) is 5.28. The summed E-state index contributed by atoms with van der Waals surface area (Å²) in [5.41, 5.74) is 6.40. The number of halogens is 1. The van der Waals surface area contributed by atoms with E-state index in [4.69, 9.17) is 0 Å². The highest BCUT2D eigenvalue weighted by molar-refractivity contribution is 7.99. The Morgan fingerprint density at radius 2 is 1.89 bits per heavy atom. The zero-order valence-corrected chi connectivity index (χ0v) is 17.1. The molecular weight excluding hydrogens is 377 g/mol. The monoisotopic (exact) mass is 401 g/mol. The van der Waals surface area contributed by atoms with Gasteiger partial charge in [0.1, 0.15) is 5.82 Å². The van der Waals surface area contributed by atoms with Crippen molar-refractivity contribution in [2.45, 2.75) is 38.8 Å². The molecule has 6 nitrogen and oxygen atoms in total. The predicted molar refractivity (Wildman–Crippen MR) is 111 cm³/mol. The molecule has 3 rings (SSSR count). The summed E-state index contributed by atoms with van der Waals surface area (Å²) in [6, 6.07) is 5.19. The Morgan fingerprint density at radius 1 is 1.21 bits per heavy atom. The second kappa shape index (κ2) is 9.14. The number of thioether (sulfide) groups is 1. The Bertz CT molecular complexity index is 876. The number of carbonyl (C=O) groups is 1. The average molecular weight is 402 g/mol. The molecule has 0 aliphatic carbocycles. The van der Waals surface area contributed by atoms with Gasteiger partial charge in [-0.05, 0) is 57.4 Å². The lowest BCUT2D eigenvalue weighted by Gasteiger charge is -2.19. The van der Waals surface area contributed by atoms with Crippen LogP contribution in [-0.2, 0) is 4.79 Å². The van der Waals surface area contributed by atoms with Crippen molar-refractivity contribution in [1.82, 2.24) is 15.4 Å². The molecule has 0 unspecified atom stereocenters. The zero-order chi connectivity index (χ0) is 20.1. The van der Waals surface area contributed by atoms with Gasteiger partial charge in [0.05, 0.1) is 17.7 Å². The van der Waals surface area contributed by atoms with Crippen molar-refractivity contribution in [1.29, 1.82) is 0 Å². The van der Waals surface area contributed by atoms with Crippen molar-refractivity contribution in [2.24, 2.45) is 5.10 Å². The second-order valence-electron chi connectivity index (χ2n) is 6.87. The highest BCUT2D eigenvalue weighted by atomic mass is 32.2. The lowest BCUT2D eigenvalue weighted by atomic mass is 10.1. The molecule has 0 radical (unpaired) electrons. The van der Waals surface area contributed by atoms with E-state index in [2.05, 4.69) is 25.4 Å². The number of hydrogen-bond acceptors (Lipinski definition) is 6. The van der Waals surface area contributed by atoms with Crippen LogP contribution in [0.25, 0.3) is 0 Å². The van der Waals surface area contributed by atoms with Gasteiger partial charge in [0.2, 0.25) is 0 Å². The Morgan fingerprint density at radius 3 is 2.57 bits per heavy atom. The normalized spacial score (nSPS) is 14.1. The highest BCUT2D eigenvalue weighted by Crippen LogP contribution is 2.26. The molecule has 1 aliphatic heterocycles. The molecule has 2 heterocycles. The van der Waals surface area contributed by atoms with Crippen molar-refractivity contribution in [3.63, 3.8) is 0 Å². The molecule has 1 N–H and O–H groups in total. The van der Waals surface area contributed by atoms with Gasteiger partial charge in [0.25, 0.3) is 5.91 Å². The number of carbonyl (C=O) groups excluding carboxylic acids is 1. The van der Waals surface area contributed by atoms with Crippen molar-refractivity contribution in [3.8, 4) is 0 Å². The summed E-state index contributed by atoms with van der Waals surface area (Å²) in [7, 11) is 0. The van der Waals surface area contributed by atoms with Crippen LogP contribution in [0.4, 0.5) is 10.1 Å². The number of anilines is 1. The summed E-state index contributed by atoms with van der Waals surface area (Å²) in [6.45, 7) is 7.47. The number of amides is 1. The minimum Gasteiger partial charge on any atom is -0.369 e. The van der Waals surface area contributed by atoms with Crippen LogP contribution in [-0.4, -0.2) is 40.9 Å². The van der Waals surface area contributed by atoms with E-state index in [1.165, 1.54) is 24.0 Å². The van der Waals surface area contributed by atoms with Crippen LogP contribution in [0.15, 0.2) is 28.5 Å². The molecule has 0 saturated carbocycles. The molecule has 0 spiro atoms. The van der Waals surface area contributed by atoms with Crippen LogP contribution in [0.1, 0.15) is 35.4 Å². The molecular formula is C20H24FN5OS. The average Bonchev–Trinajstić information content (AvgIpc) is 3.16. The third-order valence-electron chi connectivity index (χ3n) is 4.47. The Hall–Kier alpha value is -2.48. The minimum atomic E-state index is -0.268. The van der Waals surface area contributed by atoms with Gasteiger partial charge >= 0.3 is 0 Å². The molecule has 1 aliphatic rings. The van der Waals surface area contributed by atoms with E-state index in [1.54, 1.807) is 0 Å².